The van der Waals surface area contributed by atoms with E-state index in [2.05, 4.69) is 62.5 Å². The van der Waals surface area contributed by atoms with Gasteiger partial charge in [0.25, 0.3) is 0 Å². The maximum atomic E-state index is 6.22. The van der Waals surface area contributed by atoms with Crippen LogP contribution in [0, 0.1) is 6.92 Å². The Morgan fingerprint density at radius 1 is 1.10 bits per heavy atom. The van der Waals surface area contributed by atoms with Crippen LogP contribution in [-0.2, 0) is 12.5 Å². The molecular formula is C23H20N6O. The molecule has 1 aliphatic rings. The Bertz CT molecular complexity index is 1390. The minimum absolute atomic E-state index is 0.150. The number of nitrogens with zero attached hydrogens (tertiary/aromatic N) is 5. The second kappa shape index (κ2) is 6.13. The zero-order valence-electron chi connectivity index (χ0n) is 16.8. The Morgan fingerprint density at radius 3 is 2.77 bits per heavy atom. The van der Waals surface area contributed by atoms with Crippen molar-refractivity contribution in [3.8, 4) is 22.6 Å². The molecule has 0 aliphatic heterocycles. The normalized spacial score (nSPS) is 15.0. The van der Waals surface area contributed by atoms with Gasteiger partial charge in [-0.05, 0) is 31.4 Å². The van der Waals surface area contributed by atoms with Crippen LogP contribution in [0.25, 0.3) is 33.6 Å². The van der Waals surface area contributed by atoms with E-state index in [9.17, 15) is 0 Å². The first-order valence-corrected chi connectivity index (χ1v) is 10.0. The van der Waals surface area contributed by atoms with Crippen LogP contribution in [0.1, 0.15) is 29.9 Å². The minimum atomic E-state index is -0.150. The van der Waals surface area contributed by atoms with Crippen LogP contribution in [0.4, 0.5) is 0 Å². The number of aromatic amines is 1. The van der Waals surface area contributed by atoms with Gasteiger partial charge in [-0.2, -0.15) is 5.10 Å². The summed E-state index contributed by atoms with van der Waals surface area (Å²) in [6, 6.07) is 10.7. The number of H-pyrrole nitrogens is 1. The number of fused-ring (bicyclic) bond motifs is 1. The monoisotopic (exact) mass is 396 g/mol. The SMILES string of the molecule is Cc1cccc(C2(c3nnc(-c4c[nH]c5ncc(-c6cnn(C)c6)cc45)o3)CC2)c1. The van der Waals surface area contributed by atoms with Crippen molar-refractivity contribution in [1.82, 2.24) is 29.9 Å². The molecule has 1 aliphatic carbocycles. The lowest BCUT2D eigenvalue weighted by atomic mass is 9.94. The molecule has 1 fully saturated rings. The van der Waals surface area contributed by atoms with Crippen LogP contribution in [0.5, 0.6) is 0 Å². The third-order valence-corrected chi connectivity index (χ3v) is 5.95. The van der Waals surface area contributed by atoms with Gasteiger partial charge in [-0.1, -0.05) is 29.8 Å². The summed E-state index contributed by atoms with van der Waals surface area (Å²) >= 11 is 0. The molecule has 1 saturated carbocycles. The highest BCUT2D eigenvalue weighted by molar-refractivity contribution is 5.93. The highest BCUT2D eigenvalue weighted by atomic mass is 16.4. The van der Waals surface area contributed by atoms with E-state index in [1.165, 1.54) is 11.1 Å². The molecule has 1 aromatic carbocycles. The lowest BCUT2D eigenvalue weighted by Gasteiger charge is -2.11. The van der Waals surface area contributed by atoms with Crippen molar-refractivity contribution in [2.75, 3.05) is 0 Å². The van der Waals surface area contributed by atoms with E-state index in [0.29, 0.717) is 11.8 Å². The van der Waals surface area contributed by atoms with Gasteiger partial charge < -0.3 is 9.40 Å². The van der Waals surface area contributed by atoms with Crippen molar-refractivity contribution in [1.29, 1.82) is 0 Å². The van der Waals surface area contributed by atoms with E-state index in [0.717, 1.165) is 40.6 Å². The van der Waals surface area contributed by atoms with Gasteiger partial charge in [0, 0.05) is 42.2 Å². The number of nitrogens with one attached hydrogen (secondary N) is 1. The molecule has 0 bridgehead atoms. The number of hydrogen-bond donors (Lipinski definition) is 1. The summed E-state index contributed by atoms with van der Waals surface area (Å²) < 4.78 is 8.00. The van der Waals surface area contributed by atoms with Crippen LogP contribution in [0.3, 0.4) is 0 Å². The lowest BCUT2D eigenvalue weighted by Crippen LogP contribution is -2.09. The fourth-order valence-corrected chi connectivity index (χ4v) is 4.13. The van der Waals surface area contributed by atoms with Gasteiger partial charge in [-0.15, -0.1) is 10.2 Å². The van der Waals surface area contributed by atoms with E-state index >= 15 is 0 Å². The maximum Gasteiger partial charge on any atom is 0.249 e. The average molecular weight is 396 g/mol. The molecule has 6 rings (SSSR count). The van der Waals surface area contributed by atoms with Crippen LogP contribution in [0.15, 0.2) is 59.5 Å². The molecule has 148 valence electrons. The zero-order chi connectivity index (χ0) is 20.3. The molecule has 0 radical (unpaired) electrons. The quantitative estimate of drug-likeness (QED) is 0.487. The lowest BCUT2D eigenvalue weighted by molar-refractivity contribution is 0.472. The first-order chi connectivity index (χ1) is 14.6. The summed E-state index contributed by atoms with van der Waals surface area (Å²) in [6.07, 6.45) is 9.58. The van der Waals surface area contributed by atoms with Crippen molar-refractivity contribution in [3.05, 3.63) is 72.1 Å². The van der Waals surface area contributed by atoms with Crippen LogP contribution < -0.4 is 0 Å². The second-order valence-corrected chi connectivity index (χ2v) is 8.09. The van der Waals surface area contributed by atoms with Crippen molar-refractivity contribution >= 4 is 11.0 Å². The fourth-order valence-electron chi connectivity index (χ4n) is 4.13. The number of aromatic nitrogens is 6. The predicted octanol–water partition coefficient (Wildman–Crippen LogP) is 4.40. The van der Waals surface area contributed by atoms with Crippen LogP contribution in [0.2, 0.25) is 0 Å². The first kappa shape index (κ1) is 17.1. The van der Waals surface area contributed by atoms with Gasteiger partial charge in [-0.25, -0.2) is 4.98 Å². The largest absolute Gasteiger partial charge is 0.420 e. The Balaban J connectivity index is 1.41. The van der Waals surface area contributed by atoms with E-state index in [4.69, 9.17) is 4.42 Å². The van der Waals surface area contributed by atoms with Gasteiger partial charge in [-0.3, -0.25) is 4.68 Å². The van der Waals surface area contributed by atoms with Gasteiger partial charge >= 0.3 is 0 Å². The highest BCUT2D eigenvalue weighted by Gasteiger charge is 2.50. The second-order valence-electron chi connectivity index (χ2n) is 8.09. The Hall–Kier alpha value is -3.74. The van der Waals surface area contributed by atoms with Crippen molar-refractivity contribution < 1.29 is 4.42 Å². The zero-order valence-corrected chi connectivity index (χ0v) is 16.8. The Kier molecular flexibility index (Phi) is 3.50. The maximum absolute atomic E-state index is 6.22. The van der Waals surface area contributed by atoms with Crippen LogP contribution >= 0.6 is 0 Å². The summed E-state index contributed by atoms with van der Waals surface area (Å²) in [5.41, 5.74) is 6.00. The summed E-state index contributed by atoms with van der Waals surface area (Å²) in [6.45, 7) is 2.11. The summed E-state index contributed by atoms with van der Waals surface area (Å²) in [4.78, 5) is 7.77. The molecule has 7 nitrogen and oxygen atoms in total. The smallest absolute Gasteiger partial charge is 0.249 e. The molecule has 5 aromatic rings. The molecule has 4 heterocycles. The predicted molar refractivity (Wildman–Crippen MR) is 113 cm³/mol. The molecule has 4 aromatic heterocycles. The number of hydrogen-bond acceptors (Lipinski definition) is 5. The first-order valence-electron chi connectivity index (χ1n) is 10.0. The summed E-state index contributed by atoms with van der Waals surface area (Å²) in [7, 11) is 1.90. The van der Waals surface area contributed by atoms with Crippen molar-refractivity contribution in [2.45, 2.75) is 25.2 Å². The molecule has 0 amide bonds. The van der Waals surface area contributed by atoms with Gasteiger partial charge in [0.05, 0.1) is 17.2 Å². The topological polar surface area (TPSA) is 85.4 Å². The molecule has 7 heteroatoms. The third-order valence-electron chi connectivity index (χ3n) is 5.95. The molecule has 0 unspecified atom stereocenters. The Morgan fingerprint density at radius 2 is 2.00 bits per heavy atom. The van der Waals surface area contributed by atoms with E-state index in [1.54, 1.807) is 4.68 Å². The highest BCUT2D eigenvalue weighted by Crippen LogP contribution is 2.53. The number of pyridine rings is 1. The summed E-state index contributed by atoms with van der Waals surface area (Å²) in [5.74, 6) is 1.20. The Labute approximate surface area is 172 Å². The van der Waals surface area contributed by atoms with Crippen molar-refractivity contribution in [3.63, 3.8) is 0 Å². The van der Waals surface area contributed by atoms with Crippen LogP contribution in [-0.4, -0.2) is 29.9 Å². The number of benzene rings is 1. The molecule has 1 N–H and O–H groups in total. The van der Waals surface area contributed by atoms with E-state index in [1.807, 2.05) is 31.8 Å². The fraction of sp³-hybridized carbons (Fsp3) is 0.217. The number of rotatable bonds is 4. The van der Waals surface area contributed by atoms with Crippen molar-refractivity contribution in [2.24, 2.45) is 7.05 Å². The molecular weight excluding hydrogens is 376 g/mol. The molecule has 30 heavy (non-hydrogen) atoms. The minimum Gasteiger partial charge on any atom is -0.420 e. The molecule has 0 atom stereocenters. The standard InChI is InChI=1S/C23H20N6O/c1-14-4-3-5-17(8-14)23(6-7-23)22-28-27-21(30-22)19-12-25-20-18(19)9-15(10-24-20)16-11-26-29(2)13-16/h3-5,8-13H,6-7H2,1-2H3,(H,24,25). The third kappa shape index (κ3) is 2.58. The van der Waals surface area contributed by atoms with Gasteiger partial charge in [0.2, 0.25) is 11.8 Å². The number of aryl methyl sites for hydroxylation is 2. The van der Waals surface area contributed by atoms with E-state index in [-0.39, 0.29) is 5.41 Å². The molecule has 0 saturated heterocycles. The molecule has 0 spiro atoms. The van der Waals surface area contributed by atoms with Gasteiger partial charge in [0.15, 0.2) is 0 Å². The van der Waals surface area contributed by atoms with Gasteiger partial charge in [0.1, 0.15) is 5.65 Å². The summed E-state index contributed by atoms with van der Waals surface area (Å²) in [5, 5.41) is 14.0. The average Bonchev–Trinajstić information content (AvgIpc) is 3.09. The van der Waals surface area contributed by atoms with E-state index < -0.39 is 0 Å².